The fraction of sp³-hybridized carbons (Fsp3) is 0.400. The van der Waals surface area contributed by atoms with E-state index in [-0.39, 0.29) is 11.4 Å². The lowest BCUT2D eigenvalue weighted by atomic mass is 10.0. The van der Waals surface area contributed by atoms with Crippen LogP contribution in [0.4, 0.5) is 0 Å². The average molecular weight is 389 g/mol. The molecule has 0 radical (unpaired) electrons. The Morgan fingerprint density at radius 2 is 1.70 bits per heavy atom. The third-order valence-electron chi connectivity index (χ3n) is 5.19. The lowest BCUT2D eigenvalue weighted by molar-refractivity contribution is 0.00378. The predicted molar refractivity (Wildman–Crippen MR) is 101 cm³/mol. The number of fused-ring (bicyclic) bond motifs is 2. The van der Waals surface area contributed by atoms with Gasteiger partial charge in [-0.2, -0.15) is 0 Å². The molecule has 27 heavy (non-hydrogen) atoms. The van der Waals surface area contributed by atoms with Gasteiger partial charge in [-0.15, -0.1) is 0 Å². The number of benzene rings is 2. The molecular formula is C20H23NO5S. The van der Waals surface area contributed by atoms with Crippen LogP contribution in [0.25, 0.3) is 0 Å². The van der Waals surface area contributed by atoms with Crippen LogP contribution in [0.1, 0.15) is 17.5 Å². The minimum Gasteiger partial charge on any atom is -0.490 e. The van der Waals surface area contributed by atoms with Gasteiger partial charge in [0.2, 0.25) is 10.0 Å². The Bertz CT molecular complexity index is 916. The van der Waals surface area contributed by atoms with Crippen molar-refractivity contribution in [2.24, 2.45) is 0 Å². The molecule has 0 amide bonds. The van der Waals surface area contributed by atoms with Gasteiger partial charge < -0.3 is 14.2 Å². The first-order valence-corrected chi connectivity index (χ1v) is 10.5. The van der Waals surface area contributed by atoms with Crippen molar-refractivity contribution in [3.63, 3.8) is 0 Å². The predicted octanol–water partition coefficient (Wildman–Crippen LogP) is 2.31. The first-order chi connectivity index (χ1) is 13.0. The Morgan fingerprint density at radius 1 is 1.04 bits per heavy atom. The normalized spacial score (nSPS) is 18.0. The minimum atomic E-state index is -3.69. The number of nitrogens with one attached hydrogen (secondary N) is 1. The summed E-state index contributed by atoms with van der Waals surface area (Å²) in [5.41, 5.74) is 1.84. The molecule has 0 aromatic heterocycles. The molecule has 0 spiro atoms. The number of hydrogen-bond acceptors (Lipinski definition) is 5. The van der Waals surface area contributed by atoms with Gasteiger partial charge in [-0.3, -0.25) is 0 Å². The summed E-state index contributed by atoms with van der Waals surface area (Å²) in [5.74, 6) is 1.04. The van der Waals surface area contributed by atoms with Crippen LogP contribution in [0.2, 0.25) is 0 Å². The second-order valence-corrected chi connectivity index (χ2v) is 8.76. The van der Waals surface area contributed by atoms with Crippen LogP contribution in [0.3, 0.4) is 0 Å². The molecule has 0 atom stereocenters. The van der Waals surface area contributed by atoms with Gasteiger partial charge in [-0.1, -0.05) is 24.3 Å². The van der Waals surface area contributed by atoms with Crippen LogP contribution >= 0.6 is 0 Å². The number of rotatable bonds is 5. The maximum Gasteiger partial charge on any atom is 0.240 e. The van der Waals surface area contributed by atoms with Gasteiger partial charge in [0.15, 0.2) is 11.5 Å². The Balaban J connectivity index is 1.51. The van der Waals surface area contributed by atoms with Crippen molar-refractivity contribution in [3.8, 4) is 11.5 Å². The van der Waals surface area contributed by atoms with Crippen molar-refractivity contribution in [1.29, 1.82) is 0 Å². The molecule has 4 rings (SSSR count). The first-order valence-electron chi connectivity index (χ1n) is 9.03. The third-order valence-corrected chi connectivity index (χ3v) is 6.59. The second-order valence-electron chi connectivity index (χ2n) is 6.99. The highest BCUT2D eigenvalue weighted by Crippen LogP contribution is 2.34. The van der Waals surface area contributed by atoms with Crippen LogP contribution in [0, 0.1) is 0 Å². The molecule has 0 saturated carbocycles. The molecule has 0 fully saturated rings. The van der Waals surface area contributed by atoms with Crippen molar-refractivity contribution < 1.29 is 22.6 Å². The Kier molecular flexibility index (Phi) is 4.84. The quantitative estimate of drug-likeness (QED) is 0.850. The van der Waals surface area contributed by atoms with Crippen molar-refractivity contribution in [2.45, 2.75) is 29.8 Å². The number of methoxy groups -OCH3 is 1. The summed E-state index contributed by atoms with van der Waals surface area (Å²) in [7, 11) is -2.06. The summed E-state index contributed by atoms with van der Waals surface area (Å²) in [4.78, 5) is 0.161. The number of sulfonamides is 1. The zero-order valence-electron chi connectivity index (χ0n) is 15.2. The Morgan fingerprint density at radius 3 is 2.37 bits per heavy atom. The SMILES string of the molecule is COC1(CNS(=O)(=O)c2ccc3c(c2)OCCCO3)Cc2ccccc2C1. The summed E-state index contributed by atoms with van der Waals surface area (Å²) in [5, 5.41) is 0. The molecule has 6 nitrogen and oxygen atoms in total. The smallest absolute Gasteiger partial charge is 0.240 e. The fourth-order valence-corrected chi connectivity index (χ4v) is 4.75. The van der Waals surface area contributed by atoms with E-state index in [2.05, 4.69) is 16.9 Å². The Labute approximate surface area is 159 Å². The van der Waals surface area contributed by atoms with E-state index in [4.69, 9.17) is 14.2 Å². The first kappa shape index (κ1) is 18.3. The van der Waals surface area contributed by atoms with Crippen LogP contribution in [0.15, 0.2) is 47.4 Å². The molecule has 144 valence electrons. The van der Waals surface area contributed by atoms with Gasteiger partial charge in [-0.25, -0.2) is 13.1 Å². The molecule has 0 unspecified atom stereocenters. The molecule has 0 saturated heterocycles. The molecule has 2 aromatic rings. The fourth-order valence-electron chi connectivity index (χ4n) is 3.62. The summed E-state index contributed by atoms with van der Waals surface area (Å²) in [6.45, 7) is 1.28. The molecule has 0 bridgehead atoms. The van der Waals surface area contributed by atoms with Crippen LogP contribution in [0.5, 0.6) is 11.5 Å². The average Bonchev–Trinajstić information content (AvgIpc) is 2.89. The summed E-state index contributed by atoms with van der Waals surface area (Å²) < 4.78 is 45.3. The topological polar surface area (TPSA) is 73.9 Å². The molecular weight excluding hydrogens is 366 g/mol. The van der Waals surface area contributed by atoms with Crippen LogP contribution < -0.4 is 14.2 Å². The number of hydrogen-bond donors (Lipinski definition) is 1. The van der Waals surface area contributed by atoms with Crippen LogP contribution in [-0.2, 0) is 27.6 Å². The maximum atomic E-state index is 12.8. The van der Waals surface area contributed by atoms with Crippen molar-refractivity contribution in [2.75, 3.05) is 26.9 Å². The van der Waals surface area contributed by atoms with E-state index >= 15 is 0 Å². The molecule has 1 aliphatic heterocycles. The van der Waals surface area contributed by atoms with E-state index in [1.54, 1.807) is 19.2 Å². The highest BCUT2D eigenvalue weighted by atomic mass is 32.2. The third kappa shape index (κ3) is 3.67. The van der Waals surface area contributed by atoms with E-state index in [1.165, 1.54) is 17.2 Å². The lowest BCUT2D eigenvalue weighted by Crippen LogP contribution is -2.45. The Hall–Kier alpha value is -2.09. The van der Waals surface area contributed by atoms with Crippen molar-refractivity contribution in [3.05, 3.63) is 53.6 Å². The standard InChI is InChI=1S/C20H23NO5S/c1-24-20(12-15-5-2-3-6-16(15)13-20)14-21-27(22,23)17-7-8-18-19(11-17)26-10-4-9-25-18/h2-3,5-8,11,21H,4,9-10,12-14H2,1H3. The van der Waals surface area contributed by atoms with Crippen molar-refractivity contribution in [1.82, 2.24) is 4.72 Å². The molecule has 7 heteroatoms. The van der Waals surface area contributed by atoms with Gasteiger partial charge in [0.1, 0.15) is 0 Å². The zero-order chi connectivity index (χ0) is 18.9. The van der Waals surface area contributed by atoms with E-state index in [1.807, 2.05) is 12.1 Å². The highest BCUT2D eigenvalue weighted by molar-refractivity contribution is 7.89. The largest absolute Gasteiger partial charge is 0.490 e. The van der Waals surface area contributed by atoms with Gasteiger partial charge >= 0.3 is 0 Å². The molecule has 1 aliphatic carbocycles. The summed E-state index contributed by atoms with van der Waals surface area (Å²) in [6, 6.07) is 12.8. The van der Waals surface area contributed by atoms with Gasteiger partial charge in [0.25, 0.3) is 0 Å². The minimum absolute atomic E-state index is 0.161. The lowest BCUT2D eigenvalue weighted by Gasteiger charge is -2.27. The van der Waals surface area contributed by atoms with E-state index in [9.17, 15) is 8.42 Å². The van der Waals surface area contributed by atoms with Gasteiger partial charge in [0.05, 0.1) is 23.7 Å². The van der Waals surface area contributed by atoms with Crippen LogP contribution in [-0.4, -0.2) is 40.9 Å². The molecule has 2 aromatic carbocycles. The maximum absolute atomic E-state index is 12.8. The van der Waals surface area contributed by atoms with E-state index < -0.39 is 15.6 Å². The molecule has 1 N–H and O–H groups in total. The molecule has 2 aliphatic rings. The van der Waals surface area contributed by atoms with Gasteiger partial charge in [0, 0.05) is 39.0 Å². The van der Waals surface area contributed by atoms with Crippen molar-refractivity contribution >= 4 is 10.0 Å². The second kappa shape index (κ2) is 7.14. The summed E-state index contributed by atoms with van der Waals surface area (Å²) in [6.07, 6.45) is 2.14. The number of ether oxygens (including phenoxy) is 3. The van der Waals surface area contributed by atoms with E-state index in [0.717, 1.165) is 6.42 Å². The summed E-state index contributed by atoms with van der Waals surface area (Å²) >= 11 is 0. The highest BCUT2D eigenvalue weighted by Gasteiger charge is 2.38. The zero-order valence-corrected chi connectivity index (χ0v) is 16.1. The molecule has 1 heterocycles. The van der Waals surface area contributed by atoms with E-state index in [0.29, 0.717) is 37.6 Å². The van der Waals surface area contributed by atoms with Gasteiger partial charge in [-0.05, 0) is 23.3 Å². The monoisotopic (exact) mass is 389 g/mol.